The maximum atomic E-state index is 9.17. The molecule has 0 saturated carbocycles. The number of nitrogens with zero attached hydrogens (tertiary/aromatic N) is 6. The third-order valence-corrected chi connectivity index (χ3v) is 7.00. The second kappa shape index (κ2) is 16.8. The van der Waals surface area contributed by atoms with Crippen LogP contribution >= 0.6 is 0 Å². The molecule has 1 unspecified atom stereocenters. The van der Waals surface area contributed by atoms with Gasteiger partial charge in [0, 0.05) is 50.8 Å². The maximum Gasteiger partial charge on any atom is 0.123 e. The van der Waals surface area contributed by atoms with Gasteiger partial charge in [0.15, 0.2) is 0 Å². The predicted molar refractivity (Wildman–Crippen MR) is 153 cm³/mol. The summed E-state index contributed by atoms with van der Waals surface area (Å²) in [5.74, 6) is 1.90. The molecule has 0 aliphatic carbocycles. The van der Waals surface area contributed by atoms with E-state index in [1.807, 2.05) is 12.4 Å². The third kappa shape index (κ3) is 10.1. The van der Waals surface area contributed by atoms with Crippen LogP contribution in [0.4, 0.5) is 0 Å². The normalized spacial score (nSPS) is 12.4. The molecule has 8 heteroatoms. The first kappa shape index (κ1) is 29.6. The Hall–Kier alpha value is -2.99. The zero-order valence-electron chi connectivity index (χ0n) is 23.6. The van der Waals surface area contributed by atoms with Crippen molar-refractivity contribution >= 4 is 0 Å². The zero-order valence-corrected chi connectivity index (χ0v) is 23.6. The van der Waals surface area contributed by atoms with Crippen LogP contribution in [0.25, 0.3) is 0 Å². The summed E-state index contributed by atoms with van der Waals surface area (Å²) >= 11 is 0. The molecule has 0 bridgehead atoms. The lowest BCUT2D eigenvalue weighted by molar-refractivity contribution is 0.181. The van der Waals surface area contributed by atoms with Crippen LogP contribution in [0.1, 0.15) is 81.7 Å². The summed E-state index contributed by atoms with van der Waals surface area (Å²) in [4.78, 5) is 22.8. The van der Waals surface area contributed by atoms with Crippen LogP contribution in [0.15, 0.2) is 49.1 Å². The quantitative estimate of drug-likeness (QED) is 0.203. The lowest BCUT2D eigenvalue weighted by atomic mass is 10.1. The first-order chi connectivity index (χ1) is 18.6. The Morgan fingerprint density at radius 3 is 2.00 bits per heavy atom. The van der Waals surface area contributed by atoms with Crippen LogP contribution < -0.4 is 0 Å². The lowest BCUT2D eigenvalue weighted by Gasteiger charge is -2.27. The van der Waals surface area contributed by atoms with Gasteiger partial charge in [0.2, 0.25) is 0 Å². The minimum Gasteiger partial charge on any atom is -0.348 e. The summed E-state index contributed by atoms with van der Waals surface area (Å²) in [7, 11) is 0. The summed E-state index contributed by atoms with van der Waals surface area (Å²) in [6.07, 6.45) is 12.7. The molecule has 0 amide bonds. The molecule has 8 nitrogen and oxygen atoms in total. The fourth-order valence-corrected chi connectivity index (χ4v) is 4.94. The number of rotatable bonds is 19. The average Bonchev–Trinajstić information content (AvgIpc) is 3.65. The molecular formula is C30H46N8. The summed E-state index contributed by atoms with van der Waals surface area (Å²) in [6, 6.07) is 11.4. The number of H-pyrrole nitrogens is 2. The van der Waals surface area contributed by atoms with Crippen LogP contribution in [0.2, 0.25) is 0 Å². The Bertz CT molecular complexity index is 1020. The van der Waals surface area contributed by atoms with Crippen LogP contribution in [-0.4, -0.2) is 67.4 Å². The molecule has 38 heavy (non-hydrogen) atoms. The predicted octanol–water partition coefficient (Wildman–Crippen LogP) is 5.51. The number of hydrogen-bond acceptors (Lipinski definition) is 6. The Kier molecular flexibility index (Phi) is 13.0. The summed E-state index contributed by atoms with van der Waals surface area (Å²) in [6.45, 7) is 14.5. The van der Waals surface area contributed by atoms with E-state index in [0.29, 0.717) is 13.0 Å². The van der Waals surface area contributed by atoms with Crippen molar-refractivity contribution in [1.82, 2.24) is 34.6 Å². The van der Waals surface area contributed by atoms with Crippen LogP contribution in [0.5, 0.6) is 0 Å². The monoisotopic (exact) mass is 518 g/mol. The molecule has 0 spiro atoms. The molecule has 1 atom stereocenters. The van der Waals surface area contributed by atoms with Crippen molar-refractivity contribution in [3.63, 3.8) is 0 Å². The number of aromatic nitrogens is 4. The summed E-state index contributed by atoms with van der Waals surface area (Å²) in [5, 5.41) is 9.17. The Morgan fingerprint density at radius 2 is 1.42 bits per heavy atom. The summed E-state index contributed by atoms with van der Waals surface area (Å²) in [5.41, 5.74) is 2.55. The van der Waals surface area contributed by atoms with E-state index in [0.717, 1.165) is 37.8 Å². The molecule has 0 fully saturated rings. The van der Waals surface area contributed by atoms with Gasteiger partial charge in [-0.05, 0) is 69.9 Å². The smallest absolute Gasteiger partial charge is 0.123 e. The highest BCUT2D eigenvalue weighted by molar-refractivity contribution is 5.23. The Labute approximate surface area is 229 Å². The average molecular weight is 519 g/mol. The first-order valence-corrected chi connectivity index (χ1v) is 14.2. The van der Waals surface area contributed by atoms with E-state index < -0.39 is 0 Å². The Balaban J connectivity index is 1.56. The van der Waals surface area contributed by atoms with Crippen LogP contribution in [0.3, 0.4) is 0 Å². The lowest BCUT2D eigenvalue weighted by Crippen LogP contribution is -2.29. The molecule has 2 heterocycles. The van der Waals surface area contributed by atoms with E-state index in [1.165, 1.54) is 56.4 Å². The van der Waals surface area contributed by atoms with E-state index >= 15 is 0 Å². The number of unbranched alkanes of at least 4 members (excludes halogenated alkanes) is 1. The Morgan fingerprint density at radius 1 is 0.789 bits per heavy atom. The molecule has 0 aliphatic heterocycles. The van der Waals surface area contributed by atoms with Gasteiger partial charge < -0.3 is 14.9 Å². The topological polar surface area (TPSA) is 90.9 Å². The number of benzene rings is 1. The molecule has 0 radical (unpaired) electrons. The van der Waals surface area contributed by atoms with Gasteiger partial charge in [-0.3, -0.25) is 9.80 Å². The van der Waals surface area contributed by atoms with Gasteiger partial charge in [0.05, 0.1) is 18.7 Å². The van der Waals surface area contributed by atoms with E-state index in [1.54, 1.807) is 12.4 Å². The second-order valence-electron chi connectivity index (χ2n) is 10.1. The fourth-order valence-electron chi connectivity index (χ4n) is 4.94. The van der Waals surface area contributed by atoms with E-state index in [4.69, 9.17) is 5.26 Å². The van der Waals surface area contributed by atoms with Gasteiger partial charge >= 0.3 is 0 Å². The van der Waals surface area contributed by atoms with Gasteiger partial charge in [-0.2, -0.15) is 5.26 Å². The van der Waals surface area contributed by atoms with Crippen LogP contribution in [0, 0.1) is 11.3 Å². The van der Waals surface area contributed by atoms with Gasteiger partial charge in [-0.25, -0.2) is 9.97 Å². The number of nitriles is 1. The minimum atomic E-state index is 0.127. The van der Waals surface area contributed by atoms with Crippen molar-refractivity contribution in [2.75, 3.05) is 32.7 Å². The largest absolute Gasteiger partial charge is 0.348 e. The highest BCUT2D eigenvalue weighted by atomic mass is 15.2. The zero-order chi connectivity index (χ0) is 27.0. The molecular weight excluding hydrogens is 472 g/mol. The van der Waals surface area contributed by atoms with Crippen LogP contribution in [-0.2, 0) is 19.6 Å². The maximum absolute atomic E-state index is 9.17. The minimum absolute atomic E-state index is 0.127. The number of hydrogen-bond donors (Lipinski definition) is 2. The highest BCUT2D eigenvalue weighted by Crippen LogP contribution is 2.22. The van der Waals surface area contributed by atoms with Crippen molar-refractivity contribution < 1.29 is 0 Å². The van der Waals surface area contributed by atoms with Crippen molar-refractivity contribution in [3.05, 3.63) is 71.8 Å². The van der Waals surface area contributed by atoms with Crippen molar-refractivity contribution in [2.45, 2.75) is 78.6 Å². The van der Waals surface area contributed by atoms with E-state index in [9.17, 15) is 0 Å². The molecule has 0 saturated heterocycles. The number of aromatic amines is 2. The summed E-state index contributed by atoms with van der Waals surface area (Å²) < 4.78 is 0. The second-order valence-corrected chi connectivity index (χ2v) is 10.1. The van der Waals surface area contributed by atoms with Crippen molar-refractivity contribution in [1.29, 1.82) is 5.26 Å². The van der Waals surface area contributed by atoms with Gasteiger partial charge in [-0.1, -0.05) is 38.1 Å². The third-order valence-electron chi connectivity index (χ3n) is 7.00. The molecule has 0 aliphatic rings. The molecule has 206 valence electrons. The van der Waals surface area contributed by atoms with Gasteiger partial charge in [0.25, 0.3) is 0 Å². The SMILES string of the molecule is CCCN(CCC)CCCCN(CCC#N)Cc1ccc(CN(Cc2ncc[nH]2)C(C)c2ncc[nH]2)cc1. The molecule has 2 N–H and O–H groups in total. The van der Waals surface area contributed by atoms with Gasteiger partial charge in [0.1, 0.15) is 11.6 Å². The van der Waals surface area contributed by atoms with Gasteiger partial charge in [-0.15, -0.1) is 0 Å². The van der Waals surface area contributed by atoms with Crippen molar-refractivity contribution in [3.8, 4) is 6.07 Å². The first-order valence-electron chi connectivity index (χ1n) is 14.2. The van der Waals surface area contributed by atoms with E-state index in [2.05, 4.69) is 85.7 Å². The number of nitrogens with one attached hydrogen (secondary N) is 2. The standard InChI is InChI=1S/C30H46N8/c1-4-18-36(19-5-2)20-6-7-21-37(22-8-13-31)23-27-9-11-28(12-10-27)24-38(25-29-32-14-15-33-29)26(3)30-34-16-17-35-30/h9-12,14-17,26H,4-8,18-25H2,1-3H3,(H,32,33)(H,34,35). The fraction of sp³-hybridized carbons (Fsp3) is 0.567. The molecule has 1 aromatic carbocycles. The molecule has 3 rings (SSSR count). The van der Waals surface area contributed by atoms with E-state index in [-0.39, 0.29) is 6.04 Å². The number of imidazole rings is 2. The highest BCUT2D eigenvalue weighted by Gasteiger charge is 2.19. The molecule has 3 aromatic rings. The molecule has 2 aromatic heterocycles. The van der Waals surface area contributed by atoms with Crippen molar-refractivity contribution in [2.24, 2.45) is 0 Å².